The standard InChI is InChI=1S/C22H24ClNO3.ClH/c23-20-8-6-18(7-9-20)22(17-4-2-1-3-5-17)19-10-12-24(13-11-19)14-15-27-16-21(25)26;/h1-9H,10-16H2,(H,25,26);1H. The maximum absolute atomic E-state index is 10.5. The van der Waals surface area contributed by atoms with E-state index in [1.54, 1.807) is 0 Å². The molecule has 0 aromatic heterocycles. The molecular formula is C22H25Cl2NO3. The van der Waals surface area contributed by atoms with Crippen LogP contribution in [0.1, 0.15) is 24.0 Å². The Hall–Kier alpha value is -1.85. The molecule has 0 bridgehead atoms. The summed E-state index contributed by atoms with van der Waals surface area (Å²) < 4.78 is 5.16. The molecule has 0 atom stereocenters. The second kappa shape index (κ2) is 11.2. The molecule has 0 unspecified atom stereocenters. The number of carbonyl (C=O) groups is 1. The minimum absolute atomic E-state index is 0. The van der Waals surface area contributed by atoms with Crippen LogP contribution in [0.2, 0.25) is 5.02 Å². The van der Waals surface area contributed by atoms with Crippen molar-refractivity contribution in [3.05, 3.63) is 76.3 Å². The van der Waals surface area contributed by atoms with Crippen molar-refractivity contribution in [3.63, 3.8) is 0 Å². The molecule has 0 spiro atoms. The van der Waals surface area contributed by atoms with Crippen molar-refractivity contribution in [2.24, 2.45) is 0 Å². The van der Waals surface area contributed by atoms with Crippen LogP contribution in [0.15, 0.2) is 60.2 Å². The smallest absolute Gasteiger partial charge is 0.329 e. The SMILES string of the molecule is Cl.O=C(O)COCCN1CCC(=C(c2ccccc2)c2ccc(Cl)cc2)CC1. The van der Waals surface area contributed by atoms with E-state index < -0.39 is 5.97 Å². The highest BCUT2D eigenvalue weighted by atomic mass is 35.5. The van der Waals surface area contributed by atoms with E-state index >= 15 is 0 Å². The van der Waals surface area contributed by atoms with E-state index in [9.17, 15) is 4.79 Å². The Morgan fingerprint density at radius 1 is 1.00 bits per heavy atom. The Labute approximate surface area is 177 Å². The van der Waals surface area contributed by atoms with Crippen LogP contribution in [0.25, 0.3) is 5.57 Å². The summed E-state index contributed by atoms with van der Waals surface area (Å²) in [5, 5.41) is 9.37. The lowest BCUT2D eigenvalue weighted by atomic mass is 9.88. The minimum Gasteiger partial charge on any atom is -0.480 e. The highest BCUT2D eigenvalue weighted by Crippen LogP contribution is 2.32. The molecule has 2 aromatic carbocycles. The number of ether oxygens (including phenoxy) is 1. The van der Waals surface area contributed by atoms with E-state index in [2.05, 4.69) is 41.3 Å². The first-order valence-corrected chi connectivity index (χ1v) is 9.56. The molecule has 28 heavy (non-hydrogen) atoms. The lowest BCUT2D eigenvalue weighted by molar-refractivity contribution is -0.142. The lowest BCUT2D eigenvalue weighted by Crippen LogP contribution is -2.34. The van der Waals surface area contributed by atoms with E-state index in [4.69, 9.17) is 21.4 Å². The average Bonchev–Trinajstić information content (AvgIpc) is 2.69. The molecule has 0 radical (unpaired) electrons. The minimum atomic E-state index is -0.922. The van der Waals surface area contributed by atoms with Gasteiger partial charge < -0.3 is 14.7 Å². The number of rotatable bonds is 7. The molecule has 0 amide bonds. The first kappa shape index (κ1) is 22.4. The van der Waals surface area contributed by atoms with Crippen LogP contribution in [0, 0.1) is 0 Å². The van der Waals surface area contributed by atoms with Crippen LogP contribution in [-0.2, 0) is 9.53 Å². The Morgan fingerprint density at radius 3 is 2.21 bits per heavy atom. The Bertz CT molecular complexity index is 781. The molecule has 1 aliphatic heterocycles. The fourth-order valence-electron chi connectivity index (χ4n) is 3.45. The third-order valence-electron chi connectivity index (χ3n) is 4.79. The molecule has 150 valence electrons. The number of aliphatic carboxylic acids is 1. The third kappa shape index (κ3) is 6.35. The summed E-state index contributed by atoms with van der Waals surface area (Å²) in [6.07, 6.45) is 1.98. The maximum Gasteiger partial charge on any atom is 0.329 e. The first-order chi connectivity index (χ1) is 13.1. The van der Waals surface area contributed by atoms with Crippen LogP contribution >= 0.6 is 24.0 Å². The summed E-state index contributed by atoms with van der Waals surface area (Å²) in [6.45, 7) is 2.90. The second-order valence-electron chi connectivity index (χ2n) is 6.64. The number of hydrogen-bond donors (Lipinski definition) is 1. The van der Waals surface area contributed by atoms with Crippen LogP contribution in [0.3, 0.4) is 0 Å². The van der Waals surface area contributed by atoms with Gasteiger partial charge in [0.25, 0.3) is 0 Å². The summed E-state index contributed by atoms with van der Waals surface area (Å²) in [6, 6.07) is 18.5. The summed E-state index contributed by atoms with van der Waals surface area (Å²) in [7, 11) is 0. The monoisotopic (exact) mass is 421 g/mol. The van der Waals surface area contributed by atoms with E-state index in [1.165, 1.54) is 22.3 Å². The van der Waals surface area contributed by atoms with Crippen molar-refractivity contribution < 1.29 is 14.6 Å². The molecule has 4 nitrogen and oxygen atoms in total. The Balaban J connectivity index is 0.00000280. The number of nitrogens with zero attached hydrogens (tertiary/aromatic N) is 1. The van der Waals surface area contributed by atoms with E-state index in [0.717, 1.165) is 37.5 Å². The number of halogens is 2. The number of benzene rings is 2. The fourth-order valence-corrected chi connectivity index (χ4v) is 3.57. The number of carboxylic acids is 1. The van der Waals surface area contributed by atoms with Crippen molar-refractivity contribution in [2.75, 3.05) is 32.8 Å². The van der Waals surface area contributed by atoms with Gasteiger partial charge in [0.1, 0.15) is 6.61 Å². The fraction of sp³-hybridized carbons (Fsp3) is 0.318. The molecule has 2 aromatic rings. The predicted octanol–water partition coefficient (Wildman–Crippen LogP) is 4.76. The molecule has 1 fully saturated rings. The normalized spacial score (nSPS) is 14.4. The zero-order valence-corrected chi connectivity index (χ0v) is 17.2. The Morgan fingerprint density at radius 2 is 1.61 bits per heavy atom. The maximum atomic E-state index is 10.5. The summed E-state index contributed by atoms with van der Waals surface area (Å²) in [5.74, 6) is -0.922. The number of hydrogen-bond acceptors (Lipinski definition) is 3. The van der Waals surface area contributed by atoms with E-state index in [0.29, 0.717) is 6.61 Å². The molecule has 1 aliphatic rings. The zero-order valence-electron chi connectivity index (χ0n) is 15.6. The topological polar surface area (TPSA) is 49.8 Å². The Kier molecular flexibility index (Phi) is 9.00. The van der Waals surface area contributed by atoms with E-state index in [-0.39, 0.29) is 19.0 Å². The van der Waals surface area contributed by atoms with Crippen molar-refractivity contribution in [3.8, 4) is 0 Å². The van der Waals surface area contributed by atoms with Gasteiger partial charge in [-0.1, -0.05) is 59.6 Å². The molecule has 0 aliphatic carbocycles. The predicted molar refractivity (Wildman–Crippen MR) is 115 cm³/mol. The lowest BCUT2D eigenvalue weighted by Gasteiger charge is -2.30. The van der Waals surface area contributed by atoms with Gasteiger partial charge in [0, 0.05) is 24.7 Å². The van der Waals surface area contributed by atoms with Crippen LogP contribution < -0.4 is 0 Å². The van der Waals surface area contributed by atoms with Gasteiger partial charge in [0.05, 0.1) is 6.61 Å². The van der Waals surface area contributed by atoms with Gasteiger partial charge in [-0.05, 0) is 41.7 Å². The summed E-state index contributed by atoms with van der Waals surface area (Å²) in [5.41, 5.74) is 5.17. The molecule has 1 N–H and O–H groups in total. The van der Waals surface area contributed by atoms with Gasteiger partial charge in [-0.15, -0.1) is 12.4 Å². The van der Waals surface area contributed by atoms with Crippen molar-refractivity contribution in [1.29, 1.82) is 0 Å². The molecule has 6 heteroatoms. The number of piperidine rings is 1. The van der Waals surface area contributed by atoms with Crippen molar-refractivity contribution in [1.82, 2.24) is 4.90 Å². The van der Waals surface area contributed by atoms with Crippen molar-refractivity contribution in [2.45, 2.75) is 12.8 Å². The van der Waals surface area contributed by atoms with Crippen molar-refractivity contribution >= 4 is 35.6 Å². The molecule has 3 rings (SSSR count). The zero-order chi connectivity index (χ0) is 19.1. The summed E-state index contributed by atoms with van der Waals surface area (Å²) in [4.78, 5) is 12.8. The van der Waals surface area contributed by atoms with Crippen LogP contribution in [-0.4, -0.2) is 48.8 Å². The quantitative estimate of drug-likeness (QED) is 0.654. The molecular weight excluding hydrogens is 397 g/mol. The highest BCUT2D eigenvalue weighted by Gasteiger charge is 2.19. The largest absolute Gasteiger partial charge is 0.480 e. The first-order valence-electron chi connectivity index (χ1n) is 9.19. The molecule has 1 saturated heterocycles. The van der Waals surface area contributed by atoms with Gasteiger partial charge in [-0.2, -0.15) is 0 Å². The van der Waals surface area contributed by atoms with Gasteiger partial charge in [0.15, 0.2) is 0 Å². The number of carboxylic acid groups (broad SMARTS) is 1. The van der Waals surface area contributed by atoms with Gasteiger partial charge in [-0.25, -0.2) is 4.79 Å². The van der Waals surface area contributed by atoms with Gasteiger partial charge >= 0.3 is 5.97 Å². The summed E-state index contributed by atoms with van der Waals surface area (Å²) >= 11 is 6.08. The molecule has 1 heterocycles. The van der Waals surface area contributed by atoms with Gasteiger partial charge in [-0.3, -0.25) is 0 Å². The average molecular weight is 422 g/mol. The molecule has 0 saturated carbocycles. The van der Waals surface area contributed by atoms with Crippen LogP contribution in [0.5, 0.6) is 0 Å². The van der Waals surface area contributed by atoms with Crippen LogP contribution in [0.4, 0.5) is 0 Å². The number of likely N-dealkylation sites (tertiary alicyclic amines) is 1. The second-order valence-corrected chi connectivity index (χ2v) is 7.08. The third-order valence-corrected chi connectivity index (χ3v) is 5.04. The van der Waals surface area contributed by atoms with E-state index in [1.807, 2.05) is 18.2 Å². The highest BCUT2D eigenvalue weighted by molar-refractivity contribution is 6.30. The van der Waals surface area contributed by atoms with Gasteiger partial charge in [0.2, 0.25) is 0 Å².